The Labute approximate surface area is 135 Å². The highest BCUT2D eigenvalue weighted by atomic mass is 35.5. The summed E-state index contributed by atoms with van der Waals surface area (Å²) in [5.41, 5.74) is -0.00936. The third-order valence-corrected chi connectivity index (χ3v) is 3.30. The minimum Gasteiger partial charge on any atom is -0.494 e. The third kappa shape index (κ3) is 3.95. The molecule has 2 aromatic carbocycles. The van der Waals surface area contributed by atoms with E-state index in [2.05, 4.69) is 0 Å². The summed E-state index contributed by atoms with van der Waals surface area (Å²) in [4.78, 5) is 22.0. The van der Waals surface area contributed by atoms with Gasteiger partial charge in [0.05, 0.1) is 22.6 Å². The van der Waals surface area contributed by atoms with Gasteiger partial charge in [-0.15, -0.1) is 0 Å². The van der Waals surface area contributed by atoms with E-state index in [0.717, 1.165) is 6.07 Å². The number of nitro benzene ring substituents is 1. The van der Waals surface area contributed by atoms with Gasteiger partial charge in [0.2, 0.25) is 0 Å². The predicted molar refractivity (Wildman–Crippen MR) is 80.2 cm³/mol. The van der Waals surface area contributed by atoms with Crippen LogP contribution in [0.25, 0.3) is 0 Å². The topological polar surface area (TPSA) is 78.7 Å². The molecule has 0 atom stereocenters. The number of carbonyl (C=O) groups excluding carboxylic acids is 1. The summed E-state index contributed by atoms with van der Waals surface area (Å²) in [6, 6.07) is 7.55. The summed E-state index contributed by atoms with van der Waals surface area (Å²) >= 11 is 5.84. The molecule has 0 aliphatic rings. The Balaban J connectivity index is 2.12. The van der Waals surface area contributed by atoms with Crippen molar-refractivity contribution in [3.63, 3.8) is 0 Å². The van der Waals surface area contributed by atoms with E-state index in [9.17, 15) is 19.3 Å². The highest BCUT2D eigenvalue weighted by Gasteiger charge is 2.17. The maximum absolute atomic E-state index is 13.5. The Kier molecular flexibility index (Phi) is 5.13. The molecular formula is C15H11ClFNO5. The fourth-order valence-corrected chi connectivity index (χ4v) is 2.00. The zero-order chi connectivity index (χ0) is 17.0. The average molecular weight is 340 g/mol. The van der Waals surface area contributed by atoms with Crippen LogP contribution < -0.4 is 4.74 Å². The molecule has 23 heavy (non-hydrogen) atoms. The first-order valence-corrected chi connectivity index (χ1v) is 6.73. The van der Waals surface area contributed by atoms with Crippen LogP contribution in [-0.2, 0) is 11.3 Å². The van der Waals surface area contributed by atoms with Gasteiger partial charge in [-0.05, 0) is 23.8 Å². The minimum atomic E-state index is -0.838. The molecule has 6 nitrogen and oxygen atoms in total. The van der Waals surface area contributed by atoms with Gasteiger partial charge in [0.1, 0.15) is 6.61 Å². The van der Waals surface area contributed by atoms with Gasteiger partial charge in [0, 0.05) is 12.1 Å². The second kappa shape index (κ2) is 7.06. The average Bonchev–Trinajstić information content (AvgIpc) is 2.53. The van der Waals surface area contributed by atoms with Crippen LogP contribution in [0.15, 0.2) is 36.4 Å². The van der Waals surface area contributed by atoms with E-state index >= 15 is 0 Å². The zero-order valence-electron chi connectivity index (χ0n) is 11.9. The monoisotopic (exact) mass is 339 g/mol. The van der Waals surface area contributed by atoms with E-state index in [1.807, 2.05) is 0 Å². The first kappa shape index (κ1) is 16.7. The SMILES string of the molecule is COc1ccc(COC(=O)c2cc([N+](=O)[O-])ccc2Cl)cc1F. The number of hydrogen-bond donors (Lipinski definition) is 0. The number of non-ortho nitro benzene ring substituents is 1. The lowest BCUT2D eigenvalue weighted by atomic mass is 10.2. The van der Waals surface area contributed by atoms with Gasteiger partial charge in [-0.2, -0.15) is 0 Å². The van der Waals surface area contributed by atoms with Gasteiger partial charge in [-0.25, -0.2) is 9.18 Å². The van der Waals surface area contributed by atoms with Crippen molar-refractivity contribution in [2.45, 2.75) is 6.61 Å². The number of nitrogens with zero attached hydrogens (tertiary/aromatic N) is 1. The number of nitro groups is 1. The zero-order valence-corrected chi connectivity index (χ0v) is 12.7. The highest BCUT2D eigenvalue weighted by Crippen LogP contribution is 2.23. The summed E-state index contributed by atoms with van der Waals surface area (Å²) in [5.74, 6) is -1.36. The van der Waals surface area contributed by atoms with Crippen LogP contribution in [0.1, 0.15) is 15.9 Å². The lowest BCUT2D eigenvalue weighted by Crippen LogP contribution is -2.07. The van der Waals surface area contributed by atoms with Gasteiger partial charge in [-0.3, -0.25) is 10.1 Å². The summed E-state index contributed by atoms with van der Waals surface area (Å²) in [5, 5.41) is 10.8. The van der Waals surface area contributed by atoms with Crippen molar-refractivity contribution < 1.29 is 23.6 Å². The van der Waals surface area contributed by atoms with Crippen LogP contribution in [0.2, 0.25) is 5.02 Å². The molecule has 120 valence electrons. The van der Waals surface area contributed by atoms with E-state index in [-0.39, 0.29) is 28.6 Å². The van der Waals surface area contributed by atoms with Crippen LogP contribution in [0.3, 0.4) is 0 Å². The summed E-state index contributed by atoms with van der Waals surface area (Å²) in [6.45, 7) is -0.210. The molecule has 0 fully saturated rings. The largest absolute Gasteiger partial charge is 0.494 e. The van der Waals surface area contributed by atoms with Crippen LogP contribution >= 0.6 is 11.6 Å². The standard InChI is InChI=1S/C15H11ClFNO5/c1-22-14-5-2-9(6-13(14)17)8-23-15(19)11-7-10(18(20)21)3-4-12(11)16/h2-7H,8H2,1H3. The predicted octanol–water partition coefficient (Wildman–Crippen LogP) is 3.75. The maximum atomic E-state index is 13.5. The fraction of sp³-hybridized carbons (Fsp3) is 0.133. The van der Waals surface area contributed by atoms with Crippen molar-refractivity contribution >= 4 is 23.3 Å². The first-order chi connectivity index (χ1) is 10.9. The minimum absolute atomic E-state index is 0.0292. The van der Waals surface area contributed by atoms with E-state index in [0.29, 0.717) is 5.56 Å². The Morgan fingerprint density at radius 1 is 1.30 bits per heavy atom. The maximum Gasteiger partial charge on any atom is 0.340 e. The van der Waals surface area contributed by atoms with Gasteiger partial charge in [0.15, 0.2) is 11.6 Å². The molecule has 0 aromatic heterocycles. The number of benzene rings is 2. The number of rotatable bonds is 5. The lowest BCUT2D eigenvalue weighted by molar-refractivity contribution is -0.384. The second-order valence-corrected chi connectivity index (χ2v) is 4.87. The summed E-state index contributed by atoms with van der Waals surface area (Å²) < 4.78 is 23.3. The molecule has 0 saturated heterocycles. The number of ether oxygens (including phenoxy) is 2. The molecule has 0 radical (unpaired) electrons. The number of hydrogen-bond acceptors (Lipinski definition) is 5. The van der Waals surface area contributed by atoms with Crippen molar-refractivity contribution in [3.05, 3.63) is 68.5 Å². The molecule has 2 rings (SSSR count). The van der Waals surface area contributed by atoms with Crippen LogP contribution in [0.4, 0.5) is 10.1 Å². The van der Waals surface area contributed by atoms with Crippen molar-refractivity contribution in [1.29, 1.82) is 0 Å². The van der Waals surface area contributed by atoms with Gasteiger partial charge in [-0.1, -0.05) is 17.7 Å². The Hall–Kier alpha value is -2.67. The quantitative estimate of drug-likeness (QED) is 0.471. The molecule has 0 spiro atoms. The Morgan fingerprint density at radius 2 is 2.04 bits per heavy atom. The highest BCUT2D eigenvalue weighted by molar-refractivity contribution is 6.33. The number of halogens is 2. The normalized spacial score (nSPS) is 10.2. The molecule has 8 heteroatoms. The summed E-state index contributed by atoms with van der Waals surface area (Å²) in [6.07, 6.45) is 0. The molecule has 2 aromatic rings. The van der Waals surface area contributed by atoms with Crippen LogP contribution in [0, 0.1) is 15.9 Å². The van der Waals surface area contributed by atoms with E-state index in [4.69, 9.17) is 21.1 Å². The van der Waals surface area contributed by atoms with Gasteiger partial charge in [0.25, 0.3) is 5.69 Å². The second-order valence-electron chi connectivity index (χ2n) is 4.47. The molecule has 0 aliphatic heterocycles. The lowest BCUT2D eigenvalue weighted by Gasteiger charge is -2.08. The number of esters is 1. The molecule has 0 aliphatic carbocycles. The van der Waals surface area contributed by atoms with Crippen LogP contribution in [0.5, 0.6) is 5.75 Å². The number of methoxy groups -OCH3 is 1. The third-order valence-electron chi connectivity index (χ3n) is 2.97. The molecule has 0 amide bonds. The van der Waals surface area contributed by atoms with E-state index in [1.54, 1.807) is 0 Å². The van der Waals surface area contributed by atoms with E-state index in [1.165, 1.54) is 37.4 Å². The molecule has 0 heterocycles. The molecular weight excluding hydrogens is 329 g/mol. The smallest absolute Gasteiger partial charge is 0.340 e. The fourth-order valence-electron chi connectivity index (χ4n) is 1.81. The van der Waals surface area contributed by atoms with E-state index < -0.39 is 16.7 Å². The Bertz CT molecular complexity index is 766. The van der Waals surface area contributed by atoms with Crippen molar-refractivity contribution in [2.75, 3.05) is 7.11 Å². The molecule has 0 saturated carbocycles. The van der Waals surface area contributed by atoms with Crippen molar-refractivity contribution in [2.24, 2.45) is 0 Å². The van der Waals surface area contributed by atoms with Crippen LogP contribution in [-0.4, -0.2) is 18.0 Å². The number of carbonyl (C=O) groups is 1. The van der Waals surface area contributed by atoms with Crippen molar-refractivity contribution in [1.82, 2.24) is 0 Å². The first-order valence-electron chi connectivity index (χ1n) is 6.36. The van der Waals surface area contributed by atoms with Gasteiger partial charge < -0.3 is 9.47 Å². The molecule has 0 bridgehead atoms. The summed E-state index contributed by atoms with van der Waals surface area (Å²) in [7, 11) is 1.34. The molecule has 0 N–H and O–H groups in total. The van der Waals surface area contributed by atoms with Gasteiger partial charge >= 0.3 is 5.97 Å². The van der Waals surface area contributed by atoms with Crippen molar-refractivity contribution in [3.8, 4) is 5.75 Å². The molecule has 0 unspecified atom stereocenters. The Morgan fingerprint density at radius 3 is 2.65 bits per heavy atom.